The van der Waals surface area contributed by atoms with Crippen LogP contribution in [0.25, 0.3) is 11.2 Å². The van der Waals surface area contributed by atoms with E-state index in [0.717, 1.165) is 0 Å². The van der Waals surface area contributed by atoms with Crippen molar-refractivity contribution in [3.05, 3.63) is 12.7 Å². The molecule has 1 saturated heterocycles. The molecule has 94 valence electrons. The minimum Gasteiger partial charge on any atom is -0.388 e. The van der Waals surface area contributed by atoms with Crippen molar-refractivity contribution < 1.29 is 14.6 Å². The fourth-order valence-electron chi connectivity index (χ4n) is 2.07. The van der Waals surface area contributed by atoms with E-state index in [9.17, 15) is 9.90 Å². The first kappa shape index (κ1) is 11.1. The number of rotatable bonds is 2. The van der Waals surface area contributed by atoms with Crippen LogP contribution >= 0.6 is 0 Å². The molecule has 2 aromatic rings. The Balaban J connectivity index is 2.05. The van der Waals surface area contributed by atoms with Gasteiger partial charge in [0.25, 0.3) is 0 Å². The number of anilines is 1. The van der Waals surface area contributed by atoms with E-state index in [-0.39, 0.29) is 12.2 Å². The summed E-state index contributed by atoms with van der Waals surface area (Å²) in [6.07, 6.45) is 1.64. The predicted molar refractivity (Wildman–Crippen MR) is 60.3 cm³/mol. The Hall–Kier alpha value is -2.06. The van der Waals surface area contributed by atoms with E-state index in [1.165, 1.54) is 12.7 Å². The summed E-state index contributed by atoms with van der Waals surface area (Å²) in [7, 11) is 0. The summed E-state index contributed by atoms with van der Waals surface area (Å²) in [6, 6.07) is 0. The monoisotopic (exact) mass is 249 g/mol. The zero-order valence-corrected chi connectivity index (χ0v) is 9.30. The summed E-state index contributed by atoms with van der Waals surface area (Å²) < 4.78 is 6.98. The average Bonchev–Trinajstić information content (AvgIpc) is 2.93. The minimum atomic E-state index is -0.784. The second kappa shape index (κ2) is 4.00. The lowest BCUT2D eigenvalue weighted by Gasteiger charge is -2.15. The molecule has 1 aliphatic heterocycles. The summed E-state index contributed by atoms with van der Waals surface area (Å²) >= 11 is 0. The van der Waals surface area contributed by atoms with Crippen LogP contribution in [-0.4, -0.2) is 43.1 Å². The summed E-state index contributed by atoms with van der Waals surface area (Å²) in [4.78, 5) is 22.7. The highest BCUT2D eigenvalue weighted by atomic mass is 16.5. The van der Waals surface area contributed by atoms with Gasteiger partial charge < -0.3 is 20.4 Å². The number of fused-ring (bicyclic) bond motifs is 1. The quantitative estimate of drug-likeness (QED) is 0.673. The zero-order chi connectivity index (χ0) is 12.7. The standard InChI is InChI=1S/C10H11N5O3/c11-8-7-9(13-3-12-8)15(4-14-7)10-6(17)1-5(2-16)18-10/h2-6,10,17H,1H2,(H2,11,12,13)/t5-,6+,10+/m0/s1. The number of nitrogen functional groups attached to an aromatic ring is 1. The molecule has 0 bridgehead atoms. The molecule has 0 aromatic carbocycles. The molecule has 3 atom stereocenters. The second-order valence-corrected chi connectivity index (χ2v) is 4.09. The van der Waals surface area contributed by atoms with Gasteiger partial charge in [0, 0.05) is 6.42 Å². The third-order valence-corrected chi connectivity index (χ3v) is 2.93. The molecule has 3 heterocycles. The summed E-state index contributed by atoms with van der Waals surface area (Å²) in [5, 5.41) is 9.88. The van der Waals surface area contributed by atoms with Gasteiger partial charge in [-0.05, 0) is 0 Å². The van der Waals surface area contributed by atoms with Crippen molar-refractivity contribution in [1.29, 1.82) is 0 Å². The van der Waals surface area contributed by atoms with Crippen LogP contribution in [0.3, 0.4) is 0 Å². The van der Waals surface area contributed by atoms with Crippen molar-refractivity contribution in [2.24, 2.45) is 0 Å². The van der Waals surface area contributed by atoms with E-state index < -0.39 is 18.4 Å². The topological polar surface area (TPSA) is 116 Å². The molecule has 1 fully saturated rings. The van der Waals surface area contributed by atoms with E-state index >= 15 is 0 Å². The lowest BCUT2D eigenvalue weighted by Crippen LogP contribution is -2.19. The van der Waals surface area contributed by atoms with Gasteiger partial charge in [-0.3, -0.25) is 4.57 Å². The molecule has 0 aliphatic carbocycles. The molecular weight excluding hydrogens is 238 g/mol. The van der Waals surface area contributed by atoms with Crippen LogP contribution in [0.15, 0.2) is 12.7 Å². The van der Waals surface area contributed by atoms with Crippen molar-refractivity contribution in [2.45, 2.75) is 24.9 Å². The maximum absolute atomic E-state index is 10.7. The molecule has 0 saturated carbocycles. The van der Waals surface area contributed by atoms with Gasteiger partial charge in [0.2, 0.25) is 0 Å². The first-order valence-corrected chi connectivity index (χ1v) is 5.42. The normalized spacial score (nSPS) is 27.7. The van der Waals surface area contributed by atoms with Crippen molar-refractivity contribution in [3.63, 3.8) is 0 Å². The van der Waals surface area contributed by atoms with Gasteiger partial charge in [-0.1, -0.05) is 0 Å². The zero-order valence-electron chi connectivity index (χ0n) is 9.30. The maximum atomic E-state index is 10.7. The number of carbonyl (C=O) groups excluding carboxylic acids is 1. The third-order valence-electron chi connectivity index (χ3n) is 2.93. The number of aliphatic hydroxyl groups excluding tert-OH is 1. The molecule has 0 radical (unpaired) electrons. The van der Waals surface area contributed by atoms with Gasteiger partial charge >= 0.3 is 0 Å². The Bertz CT molecular complexity index is 598. The number of aliphatic hydroxyl groups is 1. The number of aromatic nitrogens is 4. The molecule has 0 spiro atoms. The van der Waals surface area contributed by atoms with Crippen LogP contribution in [0.4, 0.5) is 5.82 Å². The second-order valence-electron chi connectivity index (χ2n) is 4.09. The largest absolute Gasteiger partial charge is 0.388 e. The Morgan fingerprint density at radius 2 is 2.33 bits per heavy atom. The van der Waals surface area contributed by atoms with Gasteiger partial charge in [-0.2, -0.15) is 0 Å². The number of hydrogen-bond acceptors (Lipinski definition) is 7. The Kier molecular flexibility index (Phi) is 2.46. The van der Waals surface area contributed by atoms with Crippen LogP contribution in [0.2, 0.25) is 0 Å². The number of carbonyl (C=O) groups is 1. The van der Waals surface area contributed by atoms with Crippen LogP contribution in [0, 0.1) is 0 Å². The van der Waals surface area contributed by atoms with E-state index in [2.05, 4.69) is 15.0 Å². The van der Waals surface area contributed by atoms with Crippen LogP contribution in [0.1, 0.15) is 12.6 Å². The highest BCUT2D eigenvalue weighted by Crippen LogP contribution is 2.30. The number of ether oxygens (including phenoxy) is 1. The van der Waals surface area contributed by atoms with Gasteiger partial charge in [0.1, 0.15) is 30.3 Å². The molecule has 8 nitrogen and oxygen atoms in total. The van der Waals surface area contributed by atoms with Crippen molar-refractivity contribution >= 4 is 23.3 Å². The lowest BCUT2D eigenvalue weighted by molar-refractivity contribution is -0.120. The lowest BCUT2D eigenvalue weighted by atomic mass is 10.2. The SMILES string of the molecule is Nc1ncnc2c1ncn2[C@@H]1O[C@H](C=O)C[C@H]1O. The smallest absolute Gasteiger partial charge is 0.167 e. The number of imidazole rings is 1. The van der Waals surface area contributed by atoms with Crippen LogP contribution in [-0.2, 0) is 9.53 Å². The van der Waals surface area contributed by atoms with E-state index in [1.54, 1.807) is 4.57 Å². The minimum absolute atomic E-state index is 0.258. The number of nitrogens with two attached hydrogens (primary N) is 1. The van der Waals surface area contributed by atoms with E-state index in [4.69, 9.17) is 10.5 Å². The predicted octanol–water partition coefficient (Wildman–Crippen LogP) is -0.744. The fourth-order valence-corrected chi connectivity index (χ4v) is 2.07. The fraction of sp³-hybridized carbons (Fsp3) is 0.400. The molecule has 3 rings (SSSR count). The molecule has 1 aliphatic rings. The molecule has 3 N–H and O–H groups in total. The first-order chi connectivity index (χ1) is 8.70. The van der Waals surface area contributed by atoms with Gasteiger partial charge in [0.15, 0.2) is 17.7 Å². The molecule has 8 heteroatoms. The van der Waals surface area contributed by atoms with Crippen molar-refractivity contribution in [3.8, 4) is 0 Å². The number of hydrogen-bond donors (Lipinski definition) is 2. The highest BCUT2D eigenvalue weighted by Gasteiger charge is 2.36. The summed E-state index contributed by atoms with van der Waals surface area (Å²) in [5.41, 5.74) is 6.59. The van der Waals surface area contributed by atoms with E-state index in [1.807, 2.05) is 0 Å². The first-order valence-electron chi connectivity index (χ1n) is 5.42. The molecule has 0 amide bonds. The summed E-state index contributed by atoms with van der Waals surface area (Å²) in [5.74, 6) is 0.262. The average molecular weight is 249 g/mol. The molecule has 18 heavy (non-hydrogen) atoms. The molecule has 0 unspecified atom stereocenters. The van der Waals surface area contributed by atoms with E-state index in [0.29, 0.717) is 17.5 Å². The number of nitrogens with zero attached hydrogens (tertiary/aromatic N) is 4. The Morgan fingerprint density at radius 3 is 3.06 bits per heavy atom. The van der Waals surface area contributed by atoms with Gasteiger partial charge in [-0.15, -0.1) is 0 Å². The summed E-state index contributed by atoms with van der Waals surface area (Å²) in [6.45, 7) is 0. The maximum Gasteiger partial charge on any atom is 0.167 e. The molecular formula is C10H11N5O3. The third kappa shape index (κ3) is 1.54. The van der Waals surface area contributed by atoms with Crippen molar-refractivity contribution in [1.82, 2.24) is 19.5 Å². The Morgan fingerprint density at radius 1 is 1.50 bits per heavy atom. The molecule has 2 aromatic heterocycles. The highest BCUT2D eigenvalue weighted by molar-refractivity contribution is 5.81. The van der Waals surface area contributed by atoms with Crippen LogP contribution in [0.5, 0.6) is 0 Å². The van der Waals surface area contributed by atoms with Crippen LogP contribution < -0.4 is 5.73 Å². The number of aldehydes is 1. The van der Waals surface area contributed by atoms with Gasteiger partial charge in [-0.25, -0.2) is 15.0 Å². The van der Waals surface area contributed by atoms with Gasteiger partial charge in [0.05, 0.1) is 6.33 Å². The van der Waals surface area contributed by atoms with Crippen molar-refractivity contribution in [2.75, 3.05) is 5.73 Å². The Labute approximate surface area is 101 Å².